The molecule has 0 aliphatic heterocycles. The minimum Gasteiger partial charge on any atom is -0.462 e. The molecule has 0 spiro atoms. The number of rotatable bonds is 54. The number of unbranched alkanes of at least 4 members (excludes halogenated alkanes) is 29. The molecule has 0 fully saturated rings. The average molecular weight is 990 g/mol. The largest absolute Gasteiger partial charge is 0.462 e. The van der Waals surface area contributed by atoms with Gasteiger partial charge in [-0.3, -0.25) is 14.4 Å². The quantitative estimate of drug-likeness (QED) is 0.0261. The van der Waals surface area contributed by atoms with Crippen molar-refractivity contribution in [1.29, 1.82) is 0 Å². The van der Waals surface area contributed by atoms with Crippen LogP contribution in [-0.2, 0) is 28.6 Å². The first-order chi connectivity index (χ1) is 35.0. The Labute approximate surface area is 439 Å². The molecule has 0 rings (SSSR count). The van der Waals surface area contributed by atoms with E-state index in [1.807, 2.05) is 0 Å². The van der Waals surface area contributed by atoms with Crippen LogP contribution in [-0.4, -0.2) is 37.2 Å². The maximum atomic E-state index is 12.8. The van der Waals surface area contributed by atoms with Gasteiger partial charge in [-0.2, -0.15) is 0 Å². The maximum absolute atomic E-state index is 12.8. The summed E-state index contributed by atoms with van der Waals surface area (Å²) in [5.74, 6) is -0.884. The molecule has 0 aromatic carbocycles. The summed E-state index contributed by atoms with van der Waals surface area (Å²) >= 11 is 0. The minimum absolute atomic E-state index is 0.0781. The molecule has 0 aromatic heterocycles. The summed E-state index contributed by atoms with van der Waals surface area (Å²) in [6.45, 7) is 6.49. The van der Waals surface area contributed by atoms with Crippen LogP contribution in [0.15, 0.2) is 85.1 Å². The Morgan fingerprint density at radius 2 is 0.549 bits per heavy atom. The first-order valence-corrected chi connectivity index (χ1v) is 30.1. The van der Waals surface area contributed by atoms with Gasteiger partial charge in [-0.1, -0.05) is 260 Å². The van der Waals surface area contributed by atoms with Crippen molar-refractivity contribution in [3.05, 3.63) is 85.1 Å². The van der Waals surface area contributed by atoms with Gasteiger partial charge in [0.1, 0.15) is 13.2 Å². The molecule has 0 N–H and O–H groups in total. The summed E-state index contributed by atoms with van der Waals surface area (Å²) in [6.07, 6.45) is 77.3. The Kier molecular flexibility index (Phi) is 56.3. The molecule has 0 saturated carbocycles. The Hall–Kier alpha value is -3.41. The van der Waals surface area contributed by atoms with Crippen molar-refractivity contribution in [1.82, 2.24) is 0 Å². The van der Waals surface area contributed by atoms with Crippen molar-refractivity contribution < 1.29 is 28.6 Å². The van der Waals surface area contributed by atoms with Gasteiger partial charge in [-0.25, -0.2) is 0 Å². The molecule has 1 atom stereocenters. The third kappa shape index (κ3) is 57.4. The third-order valence-electron chi connectivity index (χ3n) is 12.9. The number of ether oxygens (including phenoxy) is 3. The SMILES string of the molecule is CC/C=C\C/C=C\C/C=C\C/C=C\C/C=C\CCCCCCCCCCCCCC(=O)OCC(COC(=O)CCCCCCCCCCC)OC(=O)CCCCCCCCC/C=C\C/C=C\CCCCC. The lowest BCUT2D eigenvalue weighted by Gasteiger charge is -2.18. The molecule has 0 aromatic rings. The summed E-state index contributed by atoms with van der Waals surface area (Å²) in [4.78, 5) is 38.1. The molecule has 0 aliphatic carbocycles. The smallest absolute Gasteiger partial charge is 0.306 e. The number of hydrogen-bond acceptors (Lipinski definition) is 6. The molecule has 0 aliphatic rings. The van der Waals surface area contributed by atoms with Crippen LogP contribution in [0.2, 0.25) is 0 Å². The molecule has 0 saturated heterocycles. The second-order valence-corrected chi connectivity index (χ2v) is 19.9. The number of carbonyl (C=O) groups excluding carboxylic acids is 3. The Morgan fingerprint density at radius 3 is 0.887 bits per heavy atom. The summed E-state index contributed by atoms with van der Waals surface area (Å²) in [7, 11) is 0. The van der Waals surface area contributed by atoms with Crippen molar-refractivity contribution in [3.8, 4) is 0 Å². The standard InChI is InChI=1S/C65H112O6/c1-4-7-10-13-16-19-21-23-25-27-28-29-30-31-32-33-34-35-36-38-39-41-43-46-49-52-55-58-64(67)70-61-62(60-69-63(66)57-54-51-48-45-18-15-12-9-6-3)71-65(68)59-56-53-50-47-44-42-40-37-26-24-22-20-17-14-11-8-5-2/h7,10,16-17,19-20,23-26,28-29,31-32,62H,4-6,8-9,11-15,18,21-22,27,30,33-61H2,1-3H3/b10-7-,19-16-,20-17-,25-23-,26-24-,29-28-,32-31-. The fraction of sp³-hybridized carbons (Fsp3) is 0.738. The van der Waals surface area contributed by atoms with Crippen LogP contribution in [0.5, 0.6) is 0 Å². The lowest BCUT2D eigenvalue weighted by atomic mass is 10.0. The zero-order valence-corrected chi connectivity index (χ0v) is 46.7. The highest BCUT2D eigenvalue weighted by atomic mass is 16.6. The normalized spacial score (nSPS) is 12.7. The van der Waals surface area contributed by atoms with Crippen LogP contribution in [0.25, 0.3) is 0 Å². The van der Waals surface area contributed by atoms with Gasteiger partial charge >= 0.3 is 17.9 Å². The van der Waals surface area contributed by atoms with E-state index in [2.05, 4.69) is 106 Å². The highest BCUT2D eigenvalue weighted by molar-refractivity contribution is 5.71. The van der Waals surface area contributed by atoms with Gasteiger partial charge in [0.25, 0.3) is 0 Å². The second-order valence-electron chi connectivity index (χ2n) is 19.9. The molecular formula is C65H112O6. The monoisotopic (exact) mass is 989 g/mol. The lowest BCUT2D eigenvalue weighted by Crippen LogP contribution is -2.30. The summed E-state index contributed by atoms with van der Waals surface area (Å²) in [5, 5.41) is 0. The van der Waals surface area contributed by atoms with Crippen LogP contribution < -0.4 is 0 Å². The van der Waals surface area contributed by atoms with E-state index < -0.39 is 6.10 Å². The van der Waals surface area contributed by atoms with Gasteiger partial charge < -0.3 is 14.2 Å². The van der Waals surface area contributed by atoms with E-state index in [0.29, 0.717) is 19.3 Å². The molecule has 1 unspecified atom stereocenters. The van der Waals surface area contributed by atoms with E-state index in [-0.39, 0.29) is 31.1 Å². The van der Waals surface area contributed by atoms with E-state index in [0.717, 1.165) is 103 Å². The van der Waals surface area contributed by atoms with Crippen LogP contribution in [0.3, 0.4) is 0 Å². The highest BCUT2D eigenvalue weighted by Crippen LogP contribution is 2.16. The molecule has 6 nitrogen and oxygen atoms in total. The number of carbonyl (C=O) groups is 3. The van der Waals surface area contributed by atoms with E-state index >= 15 is 0 Å². The van der Waals surface area contributed by atoms with E-state index in [4.69, 9.17) is 14.2 Å². The topological polar surface area (TPSA) is 78.9 Å². The molecule has 0 bridgehead atoms. The summed E-state index contributed by atoms with van der Waals surface area (Å²) < 4.78 is 16.8. The van der Waals surface area contributed by atoms with Gasteiger partial charge in [0, 0.05) is 19.3 Å². The summed E-state index contributed by atoms with van der Waals surface area (Å²) in [5.41, 5.74) is 0. The van der Waals surface area contributed by atoms with Crippen molar-refractivity contribution in [2.24, 2.45) is 0 Å². The molecule has 71 heavy (non-hydrogen) atoms. The van der Waals surface area contributed by atoms with Gasteiger partial charge in [0.05, 0.1) is 0 Å². The van der Waals surface area contributed by atoms with Gasteiger partial charge in [-0.05, 0) is 96.3 Å². The summed E-state index contributed by atoms with van der Waals surface area (Å²) in [6, 6.07) is 0. The molecule has 0 amide bonds. The zero-order chi connectivity index (χ0) is 51.4. The Balaban J connectivity index is 4.22. The van der Waals surface area contributed by atoms with Crippen LogP contribution in [0, 0.1) is 0 Å². The van der Waals surface area contributed by atoms with E-state index in [1.165, 1.54) is 148 Å². The van der Waals surface area contributed by atoms with Crippen molar-refractivity contribution in [2.75, 3.05) is 13.2 Å². The average Bonchev–Trinajstić information content (AvgIpc) is 3.37. The predicted molar refractivity (Wildman–Crippen MR) is 307 cm³/mol. The maximum Gasteiger partial charge on any atom is 0.306 e. The van der Waals surface area contributed by atoms with Gasteiger partial charge in [0.15, 0.2) is 6.10 Å². The highest BCUT2D eigenvalue weighted by Gasteiger charge is 2.19. The van der Waals surface area contributed by atoms with Gasteiger partial charge in [0.2, 0.25) is 0 Å². The molecule has 0 radical (unpaired) electrons. The minimum atomic E-state index is -0.779. The third-order valence-corrected chi connectivity index (χ3v) is 12.9. The fourth-order valence-corrected chi connectivity index (χ4v) is 8.38. The van der Waals surface area contributed by atoms with Crippen molar-refractivity contribution in [2.45, 2.75) is 297 Å². The Bertz CT molecular complexity index is 1370. The Morgan fingerprint density at radius 1 is 0.296 bits per heavy atom. The van der Waals surface area contributed by atoms with Crippen LogP contribution in [0.1, 0.15) is 290 Å². The lowest BCUT2D eigenvalue weighted by molar-refractivity contribution is -0.167. The molecule has 0 heterocycles. The number of allylic oxidation sites excluding steroid dienone is 14. The van der Waals surface area contributed by atoms with E-state index in [9.17, 15) is 14.4 Å². The second kappa shape index (κ2) is 59.2. The first-order valence-electron chi connectivity index (χ1n) is 30.1. The first kappa shape index (κ1) is 67.6. The molecule has 408 valence electrons. The van der Waals surface area contributed by atoms with Crippen molar-refractivity contribution >= 4 is 17.9 Å². The predicted octanol–water partition coefficient (Wildman–Crippen LogP) is 20.3. The molecule has 6 heteroatoms. The van der Waals surface area contributed by atoms with Gasteiger partial charge in [-0.15, -0.1) is 0 Å². The fourth-order valence-electron chi connectivity index (χ4n) is 8.38. The van der Waals surface area contributed by atoms with E-state index in [1.54, 1.807) is 0 Å². The van der Waals surface area contributed by atoms with Crippen molar-refractivity contribution in [3.63, 3.8) is 0 Å². The molecular weight excluding hydrogens is 877 g/mol. The number of esters is 3. The van der Waals surface area contributed by atoms with Crippen LogP contribution in [0.4, 0.5) is 0 Å². The zero-order valence-electron chi connectivity index (χ0n) is 46.7. The van der Waals surface area contributed by atoms with Crippen LogP contribution >= 0.6 is 0 Å². The number of hydrogen-bond donors (Lipinski definition) is 0.